The lowest BCUT2D eigenvalue weighted by atomic mass is 10.0. The Morgan fingerprint density at radius 1 is 0.460 bits per heavy atom. The fourth-order valence-electron chi connectivity index (χ4n) is 8.10. The van der Waals surface area contributed by atoms with E-state index in [-0.39, 0.29) is 38.6 Å². The first-order chi connectivity index (χ1) is 30.8. The maximum atomic E-state index is 12.7. The predicted molar refractivity (Wildman–Crippen MR) is 266 cm³/mol. The Labute approximate surface area is 389 Å². The number of hydrogen-bond donors (Lipinski definition) is 2. The number of rotatable bonds is 52. The SMILES string of the molecule is CCCCCCCCCC/C=C\CCCCCCCCCCCCCCCC(=O)OC(COC(=O)CCCCCCCCCCCCCCCCCCC)COP(=O)(O)OCCN. The molecular formula is C53H104NO8P. The fourth-order valence-corrected chi connectivity index (χ4v) is 8.87. The van der Waals surface area contributed by atoms with Crippen LogP contribution in [0.25, 0.3) is 0 Å². The van der Waals surface area contributed by atoms with Crippen molar-refractivity contribution in [3.8, 4) is 0 Å². The number of phosphoric acid groups is 1. The Morgan fingerprint density at radius 3 is 1.13 bits per heavy atom. The van der Waals surface area contributed by atoms with Gasteiger partial charge in [-0.2, -0.15) is 0 Å². The minimum absolute atomic E-state index is 0.0569. The number of ether oxygens (including phenoxy) is 2. The van der Waals surface area contributed by atoms with Crippen molar-refractivity contribution in [2.75, 3.05) is 26.4 Å². The molecule has 0 aliphatic rings. The second-order valence-electron chi connectivity index (χ2n) is 18.5. The van der Waals surface area contributed by atoms with Crippen LogP contribution < -0.4 is 5.73 Å². The van der Waals surface area contributed by atoms with Crippen LogP contribution in [-0.2, 0) is 32.7 Å². The molecule has 0 radical (unpaired) electrons. The molecule has 9 nitrogen and oxygen atoms in total. The quantitative estimate of drug-likeness (QED) is 0.0265. The van der Waals surface area contributed by atoms with Crippen molar-refractivity contribution in [3.63, 3.8) is 0 Å². The van der Waals surface area contributed by atoms with Crippen molar-refractivity contribution in [2.24, 2.45) is 5.73 Å². The first-order valence-electron chi connectivity index (χ1n) is 27.2. The van der Waals surface area contributed by atoms with Gasteiger partial charge in [-0.25, -0.2) is 4.57 Å². The largest absolute Gasteiger partial charge is 0.472 e. The van der Waals surface area contributed by atoms with Crippen LogP contribution in [0.4, 0.5) is 0 Å². The molecule has 0 bridgehead atoms. The summed E-state index contributed by atoms with van der Waals surface area (Å²) < 4.78 is 33.0. The highest BCUT2D eigenvalue weighted by Crippen LogP contribution is 2.43. The minimum atomic E-state index is -4.38. The summed E-state index contributed by atoms with van der Waals surface area (Å²) in [6.07, 6.45) is 55.4. The van der Waals surface area contributed by atoms with Gasteiger partial charge in [0.1, 0.15) is 6.61 Å². The Bertz CT molecular complexity index is 1040. The third-order valence-corrected chi connectivity index (χ3v) is 13.1. The molecule has 3 N–H and O–H groups in total. The van der Waals surface area contributed by atoms with Gasteiger partial charge in [0.25, 0.3) is 0 Å². The molecule has 0 saturated heterocycles. The van der Waals surface area contributed by atoms with Gasteiger partial charge < -0.3 is 20.1 Å². The molecule has 2 unspecified atom stereocenters. The van der Waals surface area contributed by atoms with Gasteiger partial charge in [0.05, 0.1) is 13.2 Å². The van der Waals surface area contributed by atoms with Gasteiger partial charge in [-0.1, -0.05) is 244 Å². The monoisotopic (exact) mass is 914 g/mol. The highest BCUT2D eigenvalue weighted by molar-refractivity contribution is 7.47. The fraction of sp³-hybridized carbons (Fsp3) is 0.925. The summed E-state index contributed by atoms with van der Waals surface area (Å²) in [5.41, 5.74) is 5.37. The minimum Gasteiger partial charge on any atom is -0.462 e. The molecule has 0 spiro atoms. The van der Waals surface area contributed by atoms with Crippen molar-refractivity contribution in [1.82, 2.24) is 0 Å². The summed E-state index contributed by atoms with van der Waals surface area (Å²) in [4.78, 5) is 35.1. The van der Waals surface area contributed by atoms with Crippen molar-refractivity contribution >= 4 is 19.8 Å². The van der Waals surface area contributed by atoms with E-state index in [1.807, 2.05) is 0 Å². The van der Waals surface area contributed by atoms with E-state index in [1.165, 1.54) is 218 Å². The average molecular weight is 914 g/mol. The maximum Gasteiger partial charge on any atom is 0.472 e. The van der Waals surface area contributed by atoms with E-state index in [9.17, 15) is 19.0 Å². The molecule has 10 heteroatoms. The lowest BCUT2D eigenvalue weighted by Gasteiger charge is -2.19. The Hall–Kier alpha value is -1.25. The Morgan fingerprint density at radius 2 is 0.778 bits per heavy atom. The molecule has 0 aromatic carbocycles. The molecule has 374 valence electrons. The maximum absolute atomic E-state index is 12.7. The molecule has 2 atom stereocenters. The zero-order valence-corrected chi connectivity index (χ0v) is 42.5. The third-order valence-electron chi connectivity index (χ3n) is 12.2. The van der Waals surface area contributed by atoms with Crippen LogP contribution >= 0.6 is 7.82 Å². The number of hydrogen-bond acceptors (Lipinski definition) is 8. The average Bonchev–Trinajstić information content (AvgIpc) is 3.27. The smallest absolute Gasteiger partial charge is 0.462 e. The van der Waals surface area contributed by atoms with Crippen molar-refractivity contribution < 1.29 is 37.6 Å². The molecule has 0 aliphatic heterocycles. The van der Waals surface area contributed by atoms with E-state index >= 15 is 0 Å². The number of carbonyl (C=O) groups excluding carboxylic acids is 2. The Kier molecular flexibility index (Phi) is 49.2. The lowest BCUT2D eigenvalue weighted by Crippen LogP contribution is -2.29. The summed E-state index contributed by atoms with van der Waals surface area (Å²) in [6.45, 7) is 3.80. The molecule has 63 heavy (non-hydrogen) atoms. The molecule has 0 aliphatic carbocycles. The number of phosphoric ester groups is 1. The number of carbonyl (C=O) groups is 2. The second-order valence-corrected chi connectivity index (χ2v) is 19.9. The number of esters is 2. The van der Waals surface area contributed by atoms with Gasteiger partial charge in [-0.05, 0) is 38.5 Å². The molecule has 0 fully saturated rings. The number of nitrogens with two attached hydrogens (primary N) is 1. The zero-order valence-electron chi connectivity index (χ0n) is 41.6. The molecule has 0 saturated carbocycles. The van der Waals surface area contributed by atoms with E-state index in [4.69, 9.17) is 24.3 Å². The highest BCUT2D eigenvalue weighted by atomic mass is 31.2. The van der Waals surface area contributed by atoms with Crippen LogP contribution in [0, 0.1) is 0 Å². The van der Waals surface area contributed by atoms with Crippen LogP contribution in [0.3, 0.4) is 0 Å². The lowest BCUT2D eigenvalue weighted by molar-refractivity contribution is -0.161. The van der Waals surface area contributed by atoms with Crippen molar-refractivity contribution in [1.29, 1.82) is 0 Å². The summed E-state index contributed by atoms with van der Waals surface area (Å²) in [5.74, 6) is -0.810. The van der Waals surface area contributed by atoms with Crippen LogP contribution in [0.15, 0.2) is 12.2 Å². The summed E-state index contributed by atoms with van der Waals surface area (Å²) in [7, 11) is -4.38. The molecule has 0 aromatic rings. The highest BCUT2D eigenvalue weighted by Gasteiger charge is 2.26. The molecule has 0 rings (SSSR count). The summed E-state index contributed by atoms with van der Waals surface area (Å²) in [5, 5.41) is 0. The van der Waals surface area contributed by atoms with Gasteiger partial charge in [0.2, 0.25) is 0 Å². The predicted octanol–water partition coefficient (Wildman–Crippen LogP) is 16.5. The van der Waals surface area contributed by atoms with E-state index in [0.717, 1.165) is 32.1 Å². The second kappa shape index (κ2) is 50.2. The van der Waals surface area contributed by atoms with Gasteiger partial charge in [0.15, 0.2) is 6.10 Å². The first-order valence-corrected chi connectivity index (χ1v) is 28.7. The van der Waals surface area contributed by atoms with Gasteiger partial charge in [-0.15, -0.1) is 0 Å². The van der Waals surface area contributed by atoms with Gasteiger partial charge in [-0.3, -0.25) is 18.6 Å². The van der Waals surface area contributed by atoms with Gasteiger partial charge >= 0.3 is 19.8 Å². The van der Waals surface area contributed by atoms with Crippen molar-refractivity contribution in [3.05, 3.63) is 12.2 Å². The van der Waals surface area contributed by atoms with Crippen molar-refractivity contribution in [2.45, 2.75) is 290 Å². The number of allylic oxidation sites excluding steroid dienone is 2. The molecule has 0 heterocycles. The topological polar surface area (TPSA) is 134 Å². The Balaban J connectivity index is 3.95. The summed E-state index contributed by atoms with van der Waals surface area (Å²) >= 11 is 0. The number of unbranched alkanes of at least 4 members (excludes halogenated alkanes) is 37. The van der Waals surface area contributed by atoms with Crippen LogP contribution in [0.1, 0.15) is 284 Å². The normalized spacial score (nSPS) is 13.1. The standard InChI is InChI=1S/C53H104NO8P/c1-3-5-7-9-11-13-15-17-19-21-22-23-24-25-26-27-28-30-32-34-36-38-40-42-44-46-53(56)62-51(50-61-63(57,58)60-48-47-54)49-59-52(55)45-43-41-39-37-35-33-31-29-20-18-16-14-12-10-8-6-4-2/h21-22,51H,3-20,23-50,54H2,1-2H3,(H,57,58)/b22-21-. The van der Waals surface area contributed by atoms with Crippen LogP contribution in [-0.4, -0.2) is 49.3 Å². The zero-order chi connectivity index (χ0) is 46.0. The molecular weight excluding hydrogens is 810 g/mol. The molecule has 0 amide bonds. The van der Waals surface area contributed by atoms with E-state index in [0.29, 0.717) is 6.42 Å². The molecule has 0 aromatic heterocycles. The first kappa shape index (κ1) is 61.8. The third kappa shape index (κ3) is 50.0. The van der Waals surface area contributed by atoms with E-state index < -0.39 is 26.5 Å². The van der Waals surface area contributed by atoms with Crippen LogP contribution in [0.5, 0.6) is 0 Å². The summed E-state index contributed by atoms with van der Waals surface area (Å²) in [6, 6.07) is 0. The van der Waals surface area contributed by atoms with Crippen LogP contribution in [0.2, 0.25) is 0 Å². The van der Waals surface area contributed by atoms with Gasteiger partial charge in [0, 0.05) is 19.4 Å². The van der Waals surface area contributed by atoms with E-state index in [1.54, 1.807) is 0 Å². The van der Waals surface area contributed by atoms with E-state index in [2.05, 4.69) is 26.0 Å².